The van der Waals surface area contributed by atoms with E-state index in [1.165, 1.54) is 0 Å². The molecule has 1 aliphatic carbocycles. The van der Waals surface area contributed by atoms with Crippen molar-refractivity contribution in [3.63, 3.8) is 0 Å². The van der Waals surface area contributed by atoms with Crippen molar-refractivity contribution in [1.29, 1.82) is 0 Å². The Kier molecular flexibility index (Phi) is 5.38. The Bertz CT molecular complexity index is 1780. The van der Waals surface area contributed by atoms with Crippen molar-refractivity contribution in [1.82, 2.24) is 4.58 Å². The first-order chi connectivity index (χ1) is 19.5. The molecule has 42 heavy (non-hydrogen) atoms. The molecule has 7 rings (SSSR count). The quantitative estimate of drug-likeness (QED) is 0.340. The molecule has 6 nitrogen and oxygen atoms in total. The van der Waals surface area contributed by atoms with Gasteiger partial charge in [0.1, 0.15) is 35.7 Å². The van der Waals surface area contributed by atoms with Gasteiger partial charge < -0.3 is 20.2 Å². The van der Waals surface area contributed by atoms with E-state index < -0.39 is 0 Å². The Labute approximate surface area is 248 Å². The van der Waals surface area contributed by atoms with Gasteiger partial charge in [0.25, 0.3) is 0 Å². The summed E-state index contributed by atoms with van der Waals surface area (Å²) in [4.78, 5) is 14.1. The average molecular weight is 571 g/mol. The van der Waals surface area contributed by atoms with Gasteiger partial charge in [0.05, 0.1) is 5.56 Å². The van der Waals surface area contributed by atoms with Crippen molar-refractivity contribution in [3.8, 4) is 11.5 Å². The van der Waals surface area contributed by atoms with Gasteiger partial charge in [0.15, 0.2) is 5.76 Å². The van der Waals surface area contributed by atoms with Gasteiger partial charge in [0.2, 0.25) is 5.36 Å². The number of phenols is 2. The van der Waals surface area contributed by atoms with Crippen molar-refractivity contribution in [2.24, 2.45) is 0 Å². The lowest BCUT2D eigenvalue weighted by Gasteiger charge is -2.48. The predicted molar refractivity (Wildman–Crippen MR) is 169 cm³/mol. The molecule has 4 heterocycles. The second kappa shape index (κ2) is 8.21. The second-order valence-electron chi connectivity index (χ2n) is 16.0. The number of aromatic hydroxyl groups is 2. The van der Waals surface area contributed by atoms with Crippen LogP contribution in [-0.2, 0) is 21.7 Å². The molecule has 6 heteroatoms. The molecule has 0 saturated heterocycles. The maximum absolute atomic E-state index is 11.8. The third kappa shape index (κ3) is 3.44. The number of ketones is 1. The Morgan fingerprint density at radius 2 is 1.26 bits per heavy atom. The van der Waals surface area contributed by atoms with E-state index >= 15 is 0 Å². The fraction of sp³-hybridized carbons (Fsp3) is 0.556. The molecule has 0 unspecified atom stereocenters. The number of allylic oxidation sites excluding steroid dienone is 2. The predicted octanol–water partition coefficient (Wildman–Crippen LogP) is 4.80. The summed E-state index contributed by atoms with van der Waals surface area (Å²) in [6.07, 6.45) is 3.83. The lowest BCUT2D eigenvalue weighted by atomic mass is 9.67. The van der Waals surface area contributed by atoms with Crippen LogP contribution in [0.2, 0.25) is 0 Å². The van der Waals surface area contributed by atoms with E-state index in [9.17, 15) is 20.1 Å². The largest absolute Gasteiger partial charge is 0.507 e. The monoisotopic (exact) mass is 570 g/mol. The molecule has 0 fully saturated rings. The molecule has 0 bridgehead atoms. The SMILES string of the molecule is CC1(C)CCN2CCC(C)(C)c3c(O)c(C4=C(O)C(=c5cc6c7c(c5O)C(C)(C)CC[N+]=7CCC6(C)C)C4=[OH+])cc1c32. The molecule has 0 aromatic heterocycles. The van der Waals surface area contributed by atoms with E-state index in [2.05, 4.69) is 64.9 Å². The number of anilines is 1. The second-order valence-corrected chi connectivity index (χ2v) is 16.0. The number of carbonyl (C=O) groups excluding carboxylic acids is 1. The number of hydrogen-bond acceptors (Lipinski definition) is 4. The molecule has 222 valence electrons. The van der Waals surface area contributed by atoms with Crippen LogP contribution in [0.4, 0.5) is 5.69 Å². The third-order valence-corrected chi connectivity index (χ3v) is 11.5. The topological polar surface area (TPSA) is 88.3 Å². The summed E-state index contributed by atoms with van der Waals surface area (Å²) in [6, 6.07) is 3.97. The molecule has 2 aromatic carbocycles. The summed E-state index contributed by atoms with van der Waals surface area (Å²) < 4.78 is 2.39. The minimum absolute atomic E-state index is 0.0735. The molecule has 2 aromatic rings. The minimum atomic E-state index is -0.251. The summed E-state index contributed by atoms with van der Waals surface area (Å²) in [5.74, 6) is 0.123. The highest BCUT2D eigenvalue weighted by Crippen LogP contribution is 2.55. The van der Waals surface area contributed by atoms with Gasteiger partial charge in [-0.2, -0.15) is 0 Å². The number of aliphatic hydroxyl groups is 1. The Morgan fingerprint density at radius 3 is 1.90 bits per heavy atom. The maximum Gasteiger partial charge on any atom is 0.363 e. The summed E-state index contributed by atoms with van der Waals surface area (Å²) >= 11 is 0. The standard InChI is InChI=1S/C36H44N2O4/c1-33(2)9-13-37-15-11-35(5,6)25-27(37)21(33)17-19(29(25)39)23-31(41)24(32(23)42)20-18-22-28-26(30(20)40)36(7,8)12-16-38(28)14-10-34(22,3)4/h17-18H,9-16H2,1-8H3,(H2,39,40,41,42)/p+2. The Balaban J connectivity index is 1.52. The van der Waals surface area contributed by atoms with Gasteiger partial charge in [-0.3, -0.25) is 4.79 Å². The number of aliphatic hydroxyl groups excluding tert-OH is 1. The van der Waals surface area contributed by atoms with Crippen molar-refractivity contribution in [2.75, 3.05) is 31.1 Å². The van der Waals surface area contributed by atoms with Gasteiger partial charge in [-0.15, -0.1) is 0 Å². The summed E-state index contributed by atoms with van der Waals surface area (Å²) in [5, 5.41) is 37.0. The zero-order valence-electron chi connectivity index (χ0n) is 26.5. The van der Waals surface area contributed by atoms with E-state index in [0.717, 1.165) is 85.2 Å². The van der Waals surface area contributed by atoms with Crippen molar-refractivity contribution in [2.45, 2.75) is 103 Å². The van der Waals surface area contributed by atoms with E-state index in [1.54, 1.807) is 0 Å². The molecule has 4 N–H and O–H groups in total. The summed E-state index contributed by atoms with van der Waals surface area (Å²) in [5.41, 5.74) is 5.50. The molecule has 0 saturated carbocycles. The highest BCUT2D eigenvalue weighted by atomic mass is 16.3. The summed E-state index contributed by atoms with van der Waals surface area (Å²) in [6.45, 7) is 21.5. The van der Waals surface area contributed by atoms with Crippen LogP contribution in [0, 0.1) is 0 Å². The minimum Gasteiger partial charge on any atom is -0.507 e. The molecular formula is C36H46N2O4+2. The van der Waals surface area contributed by atoms with Gasteiger partial charge in [-0.05, 0) is 41.4 Å². The Morgan fingerprint density at radius 1 is 0.690 bits per heavy atom. The zero-order chi connectivity index (χ0) is 30.3. The smallest absolute Gasteiger partial charge is 0.363 e. The zero-order valence-corrected chi connectivity index (χ0v) is 26.5. The van der Waals surface area contributed by atoms with Crippen LogP contribution in [0.5, 0.6) is 11.5 Å². The fourth-order valence-corrected chi connectivity index (χ4v) is 8.45. The first-order valence-corrected chi connectivity index (χ1v) is 15.7. The van der Waals surface area contributed by atoms with Gasteiger partial charge in [0, 0.05) is 64.4 Å². The van der Waals surface area contributed by atoms with Crippen LogP contribution in [0.25, 0.3) is 11.1 Å². The highest BCUT2D eigenvalue weighted by Gasteiger charge is 2.49. The van der Waals surface area contributed by atoms with Gasteiger partial charge in [-0.1, -0.05) is 55.4 Å². The third-order valence-electron chi connectivity index (χ3n) is 11.5. The van der Waals surface area contributed by atoms with Crippen molar-refractivity contribution >= 4 is 22.6 Å². The first kappa shape index (κ1) is 27.5. The summed E-state index contributed by atoms with van der Waals surface area (Å²) in [7, 11) is 0. The molecule has 0 amide bonds. The van der Waals surface area contributed by atoms with E-state index in [-0.39, 0.29) is 55.8 Å². The number of phenolic OH excluding ortho intramolecular Hbond substituents is 2. The van der Waals surface area contributed by atoms with Crippen LogP contribution in [-0.4, -0.2) is 52.1 Å². The molecule has 0 spiro atoms. The van der Waals surface area contributed by atoms with Crippen LogP contribution in [0.15, 0.2) is 17.9 Å². The van der Waals surface area contributed by atoms with Crippen LogP contribution < -0.4 is 20.1 Å². The molecule has 5 aliphatic rings. The van der Waals surface area contributed by atoms with Gasteiger partial charge in [-0.25, -0.2) is 4.58 Å². The number of hydrogen-bond donors (Lipinski definition) is 3. The molecule has 4 aliphatic heterocycles. The Hall–Kier alpha value is -3.28. The van der Waals surface area contributed by atoms with E-state index in [0.29, 0.717) is 10.8 Å². The van der Waals surface area contributed by atoms with Gasteiger partial charge >= 0.3 is 5.78 Å². The highest BCUT2D eigenvalue weighted by molar-refractivity contribution is 6.52. The van der Waals surface area contributed by atoms with E-state index in [4.69, 9.17) is 0 Å². The van der Waals surface area contributed by atoms with Crippen LogP contribution in [0.1, 0.15) is 109 Å². The van der Waals surface area contributed by atoms with Crippen LogP contribution in [0.3, 0.4) is 0 Å². The number of nitrogens with zero attached hydrogens (tertiary/aromatic N) is 2. The average Bonchev–Trinajstić information content (AvgIpc) is 2.88. The number of benzene rings is 2. The normalized spacial score (nSPS) is 25.6. The fourth-order valence-electron chi connectivity index (χ4n) is 8.45. The first-order valence-electron chi connectivity index (χ1n) is 15.7. The maximum atomic E-state index is 11.8. The molecular weight excluding hydrogens is 524 g/mol. The van der Waals surface area contributed by atoms with Crippen molar-refractivity contribution < 1.29 is 20.1 Å². The number of rotatable bonds is 1. The van der Waals surface area contributed by atoms with Crippen LogP contribution >= 0.6 is 0 Å². The van der Waals surface area contributed by atoms with Crippen molar-refractivity contribution in [3.05, 3.63) is 56.3 Å². The molecule has 0 atom stereocenters. The van der Waals surface area contributed by atoms with E-state index in [1.807, 2.05) is 12.1 Å². The lowest BCUT2D eigenvalue weighted by molar-refractivity contribution is 0.317. The molecule has 0 radical (unpaired) electrons. The lowest BCUT2D eigenvalue weighted by Crippen LogP contribution is -2.53.